The number of hydrogen-bond acceptors (Lipinski definition) is 2. The summed E-state index contributed by atoms with van der Waals surface area (Å²) in [4.78, 5) is 9.25. The fourth-order valence-corrected chi connectivity index (χ4v) is 1.13. The summed E-state index contributed by atoms with van der Waals surface area (Å²) < 4.78 is 36.6. The van der Waals surface area contributed by atoms with Gasteiger partial charge in [-0.1, -0.05) is 0 Å². The van der Waals surface area contributed by atoms with Crippen molar-refractivity contribution >= 4 is 0 Å². The van der Waals surface area contributed by atoms with Crippen molar-refractivity contribution in [3.8, 4) is 11.3 Å². The molecule has 1 N–H and O–H groups in total. The maximum Gasteiger partial charge on any atom is 0.449 e. The molecule has 0 unspecified atom stereocenters. The number of imidazole rings is 1. The molecule has 15 heavy (non-hydrogen) atoms. The van der Waals surface area contributed by atoms with E-state index < -0.39 is 12.0 Å². The molecule has 0 saturated heterocycles. The van der Waals surface area contributed by atoms with Gasteiger partial charge in [-0.3, -0.25) is 4.98 Å². The van der Waals surface area contributed by atoms with Gasteiger partial charge in [-0.15, -0.1) is 0 Å². The van der Waals surface area contributed by atoms with Gasteiger partial charge in [0.25, 0.3) is 0 Å². The molecule has 0 aliphatic heterocycles. The lowest BCUT2D eigenvalue weighted by atomic mass is 10.2. The smallest absolute Gasteiger partial charge is 0.334 e. The summed E-state index contributed by atoms with van der Waals surface area (Å²) in [6.07, 6.45) is -0.293. The molecule has 0 aliphatic carbocycles. The zero-order valence-electron chi connectivity index (χ0n) is 7.42. The molecular formula is C9H6F3N3. The maximum atomic E-state index is 12.2. The third-order valence-corrected chi connectivity index (χ3v) is 1.82. The number of pyridine rings is 1. The van der Waals surface area contributed by atoms with E-state index >= 15 is 0 Å². The van der Waals surface area contributed by atoms with Crippen molar-refractivity contribution in [1.29, 1.82) is 0 Å². The second-order valence-corrected chi connectivity index (χ2v) is 2.88. The molecule has 2 aromatic rings. The Morgan fingerprint density at radius 2 is 2.00 bits per heavy atom. The van der Waals surface area contributed by atoms with Crippen molar-refractivity contribution in [3.05, 3.63) is 36.5 Å². The number of nitrogens with one attached hydrogen (secondary N) is 1. The summed E-state index contributed by atoms with van der Waals surface area (Å²) in [5.41, 5.74) is 0.871. The molecule has 0 spiro atoms. The molecule has 0 atom stereocenters. The molecule has 0 aliphatic rings. The minimum Gasteiger partial charge on any atom is -0.334 e. The van der Waals surface area contributed by atoms with Gasteiger partial charge in [-0.05, 0) is 12.1 Å². The van der Waals surface area contributed by atoms with E-state index in [0.717, 1.165) is 6.20 Å². The van der Waals surface area contributed by atoms with Crippen LogP contribution < -0.4 is 0 Å². The van der Waals surface area contributed by atoms with E-state index in [0.29, 0.717) is 11.3 Å². The quantitative estimate of drug-likeness (QED) is 0.790. The average Bonchev–Trinajstić information content (AvgIpc) is 2.67. The number of halogens is 3. The van der Waals surface area contributed by atoms with Crippen LogP contribution >= 0.6 is 0 Å². The number of aromatic amines is 1. The standard InChI is InChI=1S/C9H6F3N3/c10-9(11,12)8-14-5-7(15-8)6-2-1-3-13-4-6/h1-5H,(H,14,15). The first-order valence-electron chi connectivity index (χ1n) is 4.10. The molecule has 3 nitrogen and oxygen atoms in total. The lowest BCUT2D eigenvalue weighted by Gasteiger charge is -2.00. The summed E-state index contributed by atoms with van der Waals surface area (Å²) in [5, 5.41) is 0. The predicted molar refractivity (Wildman–Crippen MR) is 46.8 cm³/mol. The Labute approximate surface area is 83.0 Å². The third kappa shape index (κ3) is 1.98. The topological polar surface area (TPSA) is 41.6 Å². The van der Waals surface area contributed by atoms with E-state index in [1.54, 1.807) is 18.3 Å². The van der Waals surface area contributed by atoms with Crippen LogP contribution in [0.1, 0.15) is 5.82 Å². The van der Waals surface area contributed by atoms with E-state index in [1.165, 1.54) is 6.20 Å². The second-order valence-electron chi connectivity index (χ2n) is 2.88. The van der Waals surface area contributed by atoms with Gasteiger partial charge in [0.1, 0.15) is 0 Å². The second kappa shape index (κ2) is 3.38. The Hall–Kier alpha value is -1.85. The van der Waals surface area contributed by atoms with Crippen molar-refractivity contribution < 1.29 is 13.2 Å². The van der Waals surface area contributed by atoms with E-state index in [2.05, 4.69) is 15.0 Å². The van der Waals surface area contributed by atoms with Crippen molar-refractivity contribution in [3.63, 3.8) is 0 Å². The van der Waals surface area contributed by atoms with Crippen LogP contribution in [0.4, 0.5) is 13.2 Å². The van der Waals surface area contributed by atoms with Gasteiger partial charge in [0.05, 0.1) is 11.9 Å². The van der Waals surface area contributed by atoms with Crippen molar-refractivity contribution in [1.82, 2.24) is 15.0 Å². The minimum absolute atomic E-state index is 0.301. The van der Waals surface area contributed by atoms with Crippen LogP contribution in [0.2, 0.25) is 0 Å². The highest BCUT2D eigenvalue weighted by atomic mass is 19.4. The maximum absolute atomic E-state index is 12.2. The van der Waals surface area contributed by atoms with Crippen molar-refractivity contribution in [2.24, 2.45) is 0 Å². The minimum atomic E-state index is -4.44. The fourth-order valence-electron chi connectivity index (χ4n) is 1.13. The number of hydrogen-bond donors (Lipinski definition) is 1. The third-order valence-electron chi connectivity index (χ3n) is 1.82. The first-order chi connectivity index (χ1) is 7.07. The molecule has 2 rings (SSSR count). The Morgan fingerprint density at radius 1 is 1.20 bits per heavy atom. The van der Waals surface area contributed by atoms with E-state index in [-0.39, 0.29) is 0 Å². The summed E-state index contributed by atoms with van der Waals surface area (Å²) in [6.45, 7) is 0. The first-order valence-corrected chi connectivity index (χ1v) is 4.10. The number of H-pyrrole nitrogens is 1. The van der Waals surface area contributed by atoms with Crippen LogP contribution in [0.3, 0.4) is 0 Å². The monoisotopic (exact) mass is 213 g/mol. The first kappa shape index (κ1) is 9.70. The summed E-state index contributed by atoms with van der Waals surface area (Å²) in [5.74, 6) is -0.999. The number of rotatable bonds is 1. The van der Waals surface area contributed by atoms with Gasteiger partial charge in [0.15, 0.2) is 0 Å². The summed E-state index contributed by atoms with van der Waals surface area (Å²) >= 11 is 0. The molecule has 2 heterocycles. The number of aromatic nitrogens is 3. The zero-order chi connectivity index (χ0) is 10.9. The molecule has 0 amide bonds. The Balaban J connectivity index is 2.37. The van der Waals surface area contributed by atoms with Gasteiger partial charge in [0.2, 0.25) is 5.82 Å². The van der Waals surface area contributed by atoms with Gasteiger partial charge in [-0.25, -0.2) is 4.98 Å². The lowest BCUT2D eigenvalue weighted by Crippen LogP contribution is -2.07. The Morgan fingerprint density at radius 3 is 2.53 bits per heavy atom. The average molecular weight is 213 g/mol. The van der Waals surface area contributed by atoms with Gasteiger partial charge >= 0.3 is 6.18 Å². The number of nitrogens with zero attached hydrogens (tertiary/aromatic N) is 2. The van der Waals surface area contributed by atoms with Crippen LogP contribution in [0.5, 0.6) is 0 Å². The molecule has 0 fully saturated rings. The molecule has 0 saturated carbocycles. The largest absolute Gasteiger partial charge is 0.449 e. The molecule has 2 aromatic heterocycles. The SMILES string of the molecule is FC(F)(F)c1ncc(-c2cccnc2)[nH]1. The fraction of sp³-hybridized carbons (Fsp3) is 0.111. The highest BCUT2D eigenvalue weighted by Crippen LogP contribution is 2.28. The molecule has 0 bridgehead atoms. The van der Waals surface area contributed by atoms with Gasteiger partial charge in [-0.2, -0.15) is 13.2 Å². The highest BCUT2D eigenvalue weighted by Gasteiger charge is 2.34. The molecule has 0 radical (unpaired) electrons. The molecule has 6 heteroatoms. The van der Waals surface area contributed by atoms with E-state index in [9.17, 15) is 13.2 Å². The van der Waals surface area contributed by atoms with Crippen LogP contribution in [-0.4, -0.2) is 15.0 Å². The highest BCUT2D eigenvalue weighted by molar-refractivity contribution is 5.56. The normalized spacial score (nSPS) is 11.7. The molecule has 0 aromatic carbocycles. The van der Waals surface area contributed by atoms with Crippen molar-refractivity contribution in [2.45, 2.75) is 6.18 Å². The van der Waals surface area contributed by atoms with Gasteiger partial charge in [0, 0.05) is 18.0 Å². The molecular weight excluding hydrogens is 207 g/mol. The number of alkyl halides is 3. The van der Waals surface area contributed by atoms with Crippen LogP contribution in [0.15, 0.2) is 30.7 Å². The van der Waals surface area contributed by atoms with Crippen LogP contribution in [0.25, 0.3) is 11.3 Å². The Kier molecular flexibility index (Phi) is 2.18. The summed E-state index contributed by atoms with van der Waals surface area (Å²) in [6, 6.07) is 3.30. The lowest BCUT2D eigenvalue weighted by molar-refractivity contribution is -0.144. The zero-order valence-corrected chi connectivity index (χ0v) is 7.42. The van der Waals surface area contributed by atoms with Crippen LogP contribution in [-0.2, 0) is 6.18 Å². The summed E-state index contributed by atoms with van der Waals surface area (Å²) in [7, 11) is 0. The van der Waals surface area contributed by atoms with E-state index in [1.807, 2.05) is 0 Å². The predicted octanol–water partition coefficient (Wildman–Crippen LogP) is 2.49. The van der Waals surface area contributed by atoms with Crippen LogP contribution in [0, 0.1) is 0 Å². The van der Waals surface area contributed by atoms with Crippen molar-refractivity contribution in [2.75, 3.05) is 0 Å². The van der Waals surface area contributed by atoms with Gasteiger partial charge < -0.3 is 4.98 Å². The Bertz CT molecular complexity index is 447. The molecule has 78 valence electrons. The van der Waals surface area contributed by atoms with E-state index in [4.69, 9.17) is 0 Å².